The number of anilines is 1. The zero-order chi connectivity index (χ0) is 20.8. The molecule has 0 bridgehead atoms. The number of nitrogens with one attached hydrogen (secondary N) is 2. The maximum Gasteiger partial charge on any atom is 0.322 e. The molecule has 1 fully saturated rings. The Balaban J connectivity index is 1.25. The SMILES string of the molecule is O=C(NCCN1CCOCC1)c1ccc(NC(=O)N2CCc3ccccc3C2)cc1. The van der Waals surface area contributed by atoms with E-state index in [0.717, 1.165) is 39.3 Å². The Hall–Kier alpha value is -2.90. The Morgan fingerprint density at radius 1 is 0.933 bits per heavy atom. The molecule has 158 valence electrons. The number of urea groups is 1. The minimum Gasteiger partial charge on any atom is -0.379 e. The number of fused-ring (bicyclic) bond motifs is 1. The summed E-state index contributed by atoms with van der Waals surface area (Å²) in [7, 11) is 0. The summed E-state index contributed by atoms with van der Waals surface area (Å²) in [6.07, 6.45) is 0.868. The number of rotatable bonds is 5. The first-order valence-corrected chi connectivity index (χ1v) is 10.5. The third-order valence-electron chi connectivity index (χ3n) is 5.63. The van der Waals surface area contributed by atoms with E-state index in [4.69, 9.17) is 4.74 Å². The Morgan fingerprint density at radius 2 is 1.67 bits per heavy atom. The van der Waals surface area contributed by atoms with Crippen LogP contribution >= 0.6 is 0 Å². The number of carbonyl (C=O) groups excluding carboxylic acids is 2. The van der Waals surface area contributed by atoms with Crippen LogP contribution in [0.1, 0.15) is 21.5 Å². The highest BCUT2D eigenvalue weighted by Gasteiger charge is 2.20. The van der Waals surface area contributed by atoms with Gasteiger partial charge >= 0.3 is 6.03 Å². The van der Waals surface area contributed by atoms with Crippen LogP contribution in [0.4, 0.5) is 10.5 Å². The van der Waals surface area contributed by atoms with Gasteiger partial charge in [0, 0.05) is 50.5 Å². The Bertz CT molecular complexity index is 878. The monoisotopic (exact) mass is 408 g/mol. The van der Waals surface area contributed by atoms with E-state index >= 15 is 0 Å². The van der Waals surface area contributed by atoms with Gasteiger partial charge in [0.2, 0.25) is 0 Å². The van der Waals surface area contributed by atoms with Crippen molar-refractivity contribution >= 4 is 17.6 Å². The van der Waals surface area contributed by atoms with E-state index in [1.165, 1.54) is 11.1 Å². The zero-order valence-corrected chi connectivity index (χ0v) is 17.1. The summed E-state index contributed by atoms with van der Waals surface area (Å²) in [5.41, 5.74) is 3.78. The van der Waals surface area contributed by atoms with Crippen molar-refractivity contribution in [2.24, 2.45) is 0 Å². The Morgan fingerprint density at radius 3 is 2.43 bits per heavy atom. The summed E-state index contributed by atoms with van der Waals surface area (Å²) in [6, 6.07) is 15.1. The van der Waals surface area contributed by atoms with Gasteiger partial charge in [0.25, 0.3) is 5.91 Å². The molecule has 2 N–H and O–H groups in total. The van der Waals surface area contributed by atoms with Crippen molar-refractivity contribution in [2.75, 3.05) is 51.3 Å². The third kappa shape index (κ3) is 5.17. The molecule has 0 atom stereocenters. The van der Waals surface area contributed by atoms with E-state index in [-0.39, 0.29) is 11.9 Å². The normalized spacial score (nSPS) is 16.6. The predicted octanol–water partition coefficient (Wildman–Crippen LogP) is 2.34. The molecule has 2 heterocycles. The van der Waals surface area contributed by atoms with Crippen LogP contribution in [0.5, 0.6) is 0 Å². The van der Waals surface area contributed by atoms with Gasteiger partial charge in [-0.15, -0.1) is 0 Å². The smallest absolute Gasteiger partial charge is 0.322 e. The summed E-state index contributed by atoms with van der Waals surface area (Å²) in [5.74, 6) is -0.103. The van der Waals surface area contributed by atoms with E-state index in [0.29, 0.717) is 30.9 Å². The molecule has 3 amide bonds. The lowest BCUT2D eigenvalue weighted by molar-refractivity contribution is 0.0383. The van der Waals surface area contributed by atoms with Gasteiger partial charge in [-0.2, -0.15) is 0 Å². The second kappa shape index (κ2) is 9.73. The van der Waals surface area contributed by atoms with Gasteiger partial charge in [-0.25, -0.2) is 4.79 Å². The van der Waals surface area contributed by atoms with Crippen molar-refractivity contribution in [1.82, 2.24) is 15.1 Å². The molecule has 2 aliphatic heterocycles. The molecule has 2 aromatic rings. The molecule has 0 unspecified atom stereocenters. The highest BCUT2D eigenvalue weighted by Crippen LogP contribution is 2.19. The summed E-state index contributed by atoms with van der Waals surface area (Å²) >= 11 is 0. The molecule has 0 spiro atoms. The average molecular weight is 409 g/mol. The Labute approximate surface area is 177 Å². The Kier molecular flexibility index (Phi) is 6.61. The standard InChI is InChI=1S/C23H28N4O3/c28-22(24-10-12-26-13-15-30-16-14-26)19-5-7-21(8-6-19)25-23(29)27-11-9-18-3-1-2-4-20(18)17-27/h1-8H,9-17H2,(H,24,28)(H,25,29). The van der Waals surface area contributed by atoms with Crippen molar-refractivity contribution in [3.05, 3.63) is 65.2 Å². The van der Waals surface area contributed by atoms with Crippen molar-refractivity contribution in [3.8, 4) is 0 Å². The predicted molar refractivity (Wildman–Crippen MR) is 116 cm³/mol. The number of ether oxygens (including phenoxy) is 1. The quantitative estimate of drug-likeness (QED) is 0.797. The van der Waals surface area contributed by atoms with Gasteiger partial charge in [-0.05, 0) is 41.8 Å². The molecule has 0 aliphatic carbocycles. The van der Waals surface area contributed by atoms with Crippen molar-refractivity contribution < 1.29 is 14.3 Å². The van der Waals surface area contributed by atoms with E-state index in [1.54, 1.807) is 24.3 Å². The van der Waals surface area contributed by atoms with Gasteiger partial charge in [0.1, 0.15) is 0 Å². The van der Waals surface area contributed by atoms with Crippen molar-refractivity contribution in [2.45, 2.75) is 13.0 Å². The molecular weight excluding hydrogens is 380 g/mol. The highest BCUT2D eigenvalue weighted by molar-refractivity contribution is 5.95. The fourth-order valence-electron chi connectivity index (χ4n) is 3.83. The van der Waals surface area contributed by atoms with E-state index < -0.39 is 0 Å². The average Bonchev–Trinajstić information content (AvgIpc) is 2.80. The largest absolute Gasteiger partial charge is 0.379 e. The fourth-order valence-corrected chi connectivity index (χ4v) is 3.83. The van der Waals surface area contributed by atoms with Crippen LogP contribution in [0.2, 0.25) is 0 Å². The zero-order valence-electron chi connectivity index (χ0n) is 17.1. The first-order valence-electron chi connectivity index (χ1n) is 10.5. The molecule has 1 saturated heterocycles. The second-order valence-corrected chi connectivity index (χ2v) is 7.66. The third-order valence-corrected chi connectivity index (χ3v) is 5.63. The minimum absolute atomic E-state index is 0.103. The first kappa shape index (κ1) is 20.4. The lowest BCUT2D eigenvalue weighted by Crippen LogP contribution is -2.41. The number of hydrogen-bond donors (Lipinski definition) is 2. The lowest BCUT2D eigenvalue weighted by Gasteiger charge is -2.29. The van der Waals surface area contributed by atoms with Gasteiger partial charge in [-0.3, -0.25) is 9.69 Å². The van der Waals surface area contributed by atoms with Crippen LogP contribution < -0.4 is 10.6 Å². The maximum atomic E-state index is 12.6. The molecular formula is C23H28N4O3. The molecule has 2 aliphatic rings. The van der Waals surface area contributed by atoms with Crippen LogP contribution in [-0.2, 0) is 17.7 Å². The minimum atomic E-state index is -0.118. The van der Waals surface area contributed by atoms with Crippen LogP contribution in [0.25, 0.3) is 0 Å². The molecule has 0 aromatic heterocycles. The lowest BCUT2D eigenvalue weighted by atomic mass is 10.0. The summed E-state index contributed by atoms with van der Waals surface area (Å²) < 4.78 is 5.33. The summed E-state index contributed by atoms with van der Waals surface area (Å²) in [4.78, 5) is 29.0. The van der Waals surface area contributed by atoms with E-state index in [9.17, 15) is 9.59 Å². The van der Waals surface area contributed by atoms with E-state index in [2.05, 4.69) is 27.7 Å². The number of amides is 3. The molecule has 4 rings (SSSR count). The number of carbonyl (C=O) groups is 2. The van der Waals surface area contributed by atoms with Crippen LogP contribution in [0.3, 0.4) is 0 Å². The van der Waals surface area contributed by atoms with Gasteiger partial charge < -0.3 is 20.3 Å². The van der Waals surface area contributed by atoms with Gasteiger partial charge in [0.05, 0.1) is 13.2 Å². The number of benzene rings is 2. The second-order valence-electron chi connectivity index (χ2n) is 7.66. The van der Waals surface area contributed by atoms with E-state index in [1.807, 2.05) is 17.0 Å². The van der Waals surface area contributed by atoms with Crippen LogP contribution in [0, 0.1) is 0 Å². The summed E-state index contributed by atoms with van der Waals surface area (Å²) in [6.45, 7) is 6.07. The highest BCUT2D eigenvalue weighted by atomic mass is 16.5. The summed E-state index contributed by atoms with van der Waals surface area (Å²) in [5, 5.41) is 5.88. The van der Waals surface area contributed by atoms with Crippen molar-refractivity contribution in [1.29, 1.82) is 0 Å². The van der Waals surface area contributed by atoms with Gasteiger partial charge in [-0.1, -0.05) is 24.3 Å². The maximum absolute atomic E-state index is 12.6. The number of nitrogens with zero attached hydrogens (tertiary/aromatic N) is 2. The fraction of sp³-hybridized carbons (Fsp3) is 0.391. The topological polar surface area (TPSA) is 73.9 Å². The molecule has 0 saturated carbocycles. The van der Waals surface area contributed by atoms with Gasteiger partial charge in [0.15, 0.2) is 0 Å². The molecule has 30 heavy (non-hydrogen) atoms. The number of hydrogen-bond acceptors (Lipinski definition) is 4. The molecule has 0 radical (unpaired) electrons. The van der Waals surface area contributed by atoms with Crippen LogP contribution in [-0.4, -0.2) is 67.7 Å². The number of morpholine rings is 1. The van der Waals surface area contributed by atoms with Crippen molar-refractivity contribution in [3.63, 3.8) is 0 Å². The first-order chi connectivity index (χ1) is 14.7. The molecule has 2 aromatic carbocycles. The van der Waals surface area contributed by atoms with Crippen LogP contribution in [0.15, 0.2) is 48.5 Å². The molecule has 7 heteroatoms. The molecule has 7 nitrogen and oxygen atoms in total.